The summed E-state index contributed by atoms with van der Waals surface area (Å²) in [5.41, 5.74) is 2.31. The quantitative estimate of drug-likeness (QED) is 0.755. The van der Waals surface area contributed by atoms with Crippen LogP contribution < -0.4 is 4.74 Å². The van der Waals surface area contributed by atoms with E-state index in [1.165, 1.54) is 24.3 Å². The van der Waals surface area contributed by atoms with Gasteiger partial charge in [0.2, 0.25) is 5.75 Å². The molecule has 0 saturated heterocycles. The van der Waals surface area contributed by atoms with E-state index in [1.54, 1.807) is 6.92 Å². The Balaban J connectivity index is 1.92. The lowest BCUT2D eigenvalue weighted by Gasteiger charge is -2.14. The van der Waals surface area contributed by atoms with Gasteiger partial charge >= 0.3 is 0 Å². The predicted octanol–water partition coefficient (Wildman–Crippen LogP) is 4.19. The van der Waals surface area contributed by atoms with Gasteiger partial charge in [-0.3, -0.25) is 0 Å². The highest BCUT2D eigenvalue weighted by Crippen LogP contribution is 2.41. The van der Waals surface area contributed by atoms with Crippen LogP contribution in [-0.2, 0) is 6.61 Å². The van der Waals surface area contributed by atoms with Crippen molar-refractivity contribution < 1.29 is 19.3 Å². The Hall–Kier alpha value is -3.08. The molecule has 0 fully saturated rings. The Kier molecular flexibility index (Phi) is 4.33. The molecule has 122 valence electrons. The van der Waals surface area contributed by atoms with Crippen LogP contribution in [0.1, 0.15) is 11.1 Å². The van der Waals surface area contributed by atoms with Crippen LogP contribution in [-0.4, -0.2) is 15.2 Å². The first-order chi connectivity index (χ1) is 11.6. The van der Waals surface area contributed by atoms with Gasteiger partial charge in [0.05, 0.1) is 5.69 Å². The number of pyridine rings is 1. The van der Waals surface area contributed by atoms with Gasteiger partial charge in [-0.1, -0.05) is 30.3 Å². The van der Waals surface area contributed by atoms with E-state index in [0.717, 1.165) is 5.56 Å². The van der Waals surface area contributed by atoms with Crippen LogP contribution in [0, 0.1) is 12.7 Å². The van der Waals surface area contributed by atoms with Gasteiger partial charge in [0.15, 0.2) is 5.75 Å². The summed E-state index contributed by atoms with van der Waals surface area (Å²) in [5, 5.41) is 20.5. The lowest BCUT2D eigenvalue weighted by Crippen LogP contribution is -1.99. The van der Waals surface area contributed by atoms with Crippen molar-refractivity contribution in [3.05, 3.63) is 71.5 Å². The number of aromatic nitrogens is 1. The minimum Gasteiger partial charge on any atom is -0.504 e. The zero-order valence-electron chi connectivity index (χ0n) is 13.0. The number of ether oxygens (including phenoxy) is 1. The highest BCUT2D eigenvalue weighted by molar-refractivity contribution is 5.69. The Bertz CT molecular complexity index is 849. The van der Waals surface area contributed by atoms with Gasteiger partial charge in [-0.05, 0) is 36.8 Å². The van der Waals surface area contributed by atoms with Gasteiger partial charge in [0, 0.05) is 11.1 Å². The minimum atomic E-state index is -0.409. The van der Waals surface area contributed by atoms with E-state index in [4.69, 9.17) is 4.74 Å². The first-order valence-corrected chi connectivity index (χ1v) is 7.41. The van der Waals surface area contributed by atoms with Crippen molar-refractivity contribution >= 4 is 0 Å². The Labute approximate surface area is 138 Å². The van der Waals surface area contributed by atoms with Gasteiger partial charge in [-0.15, -0.1) is 0 Å². The number of halogens is 1. The van der Waals surface area contributed by atoms with Gasteiger partial charge < -0.3 is 14.9 Å². The number of nitrogens with zero attached hydrogens (tertiary/aromatic N) is 1. The molecule has 3 aromatic rings. The topological polar surface area (TPSA) is 62.6 Å². The molecule has 2 aromatic carbocycles. The Morgan fingerprint density at radius 1 is 1.00 bits per heavy atom. The van der Waals surface area contributed by atoms with E-state index in [-0.39, 0.29) is 23.9 Å². The van der Waals surface area contributed by atoms with Crippen molar-refractivity contribution in [1.29, 1.82) is 0 Å². The minimum absolute atomic E-state index is 0.0674. The standard InChI is InChI=1S/C19H16FNO3/c1-12-16(14-7-9-15(20)10-8-14)21-19(23)18(17(12)22)24-11-13-5-3-2-4-6-13/h2-10H,11H2,1H3,(H2,21,22,23). The van der Waals surface area contributed by atoms with Crippen LogP contribution in [0.2, 0.25) is 0 Å². The molecule has 2 N–H and O–H groups in total. The molecule has 1 aromatic heterocycles. The van der Waals surface area contributed by atoms with Crippen LogP contribution in [0.15, 0.2) is 54.6 Å². The second kappa shape index (κ2) is 6.58. The lowest BCUT2D eigenvalue weighted by molar-refractivity contribution is 0.268. The van der Waals surface area contributed by atoms with Crippen molar-refractivity contribution in [3.8, 4) is 28.6 Å². The molecule has 3 rings (SSSR count). The van der Waals surface area contributed by atoms with E-state index in [0.29, 0.717) is 16.8 Å². The van der Waals surface area contributed by atoms with Crippen LogP contribution in [0.25, 0.3) is 11.3 Å². The summed E-state index contributed by atoms with van der Waals surface area (Å²) in [6.45, 7) is 1.86. The third-order valence-corrected chi connectivity index (χ3v) is 3.69. The highest BCUT2D eigenvalue weighted by Gasteiger charge is 2.19. The molecule has 0 radical (unpaired) electrons. The average Bonchev–Trinajstić information content (AvgIpc) is 2.60. The number of aromatic hydroxyl groups is 2. The molecule has 4 nitrogen and oxygen atoms in total. The molecular weight excluding hydrogens is 309 g/mol. The van der Waals surface area contributed by atoms with Crippen molar-refractivity contribution in [2.75, 3.05) is 0 Å². The van der Waals surface area contributed by atoms with E-state index >= 15 is 0 Å². The molecule has 0 bridgehead atoms. The van der Waals surface area contributed by atoms with Gasteiger partial charge in [0.1, 0.15) is 12.4 Å². The summed E-state index contributed by atoms with van der Waals surface area (Å²) in [7, 11) is 0. The summed E-state index contributed by atoms with van der Waals surface area (Å²) >= 11 is 0. The smallest absolute Gasteiger partial charge is 0.259 e. The second-order valence-corrected chi connectivity index (χ2v) is 5.37. The summed E-state index contributed by atoms with van der Waals surface area (Å²) in [4.78, 5) is 4.09. The van der Waals surface area contributed by atoms with E-state index in [1.807, 2.05) is 30.3 Å². The molecule has 1 heterocycles. The predicted molar refractivity (Wildman–Crippen MR) is 88.5 cm³/mol. The lowest BCUT2D eigenvalue weighted by atomic mass is 10.1. The van der Waals surface area contributed by atoms with Gasteiger partial charge in [-0.2, -0.15) is 0 Å². The van der Waals surface area contributed by atoms with Crippen LogP contribution in [0.3, 0.4) is 0 Å². The van der Waals surface area contributed by atoms with E-state index in [2.05, 4.69) is 4.98 Å². The van der Waals surface area contributed by atoms with Crippen molar-refractivity contribution in [2.45, 2.75) is 13.5 Å². The number of benzene rings is 2. The number of hydrogen-bond donors (Lipinski definition) is 2. The maximum absolute atomic E-state index is 13.0. The van der Waals surface area contributed by atoms with Crippen molar-refractivity contribution in [1.82, 2.24) is 4.98 Å². The maximum atomic E-state index is 13.0. The maximum Gasteiger partial charge on any atom is 0.259 e. The molecule has 0 unspecified atom stereocenters. The first kappa shape index (κ1) is 15.8. The summed E-state index contributed by atoms with van der Waals surface area (Å²) in [6.07, 6.45) is 0. The molecule has 0 aliphatic carbocycles. The molecule has 24 heavy (non-hydrogen) atoms. The monoisotopic (exact) mass is 325 g/mol. The van der Waals surface area contributed by atoms with Crippen LogP contribution in [0.4, 0.5) is 4.39 Å². The zero-order chi connectivity index (χ0) is 17.1. The fourth-order valence-electron chi connectivity index (χ4n) is 2.38. The van der Waals surface area contributed by atoms with Gasteiger partial charge in [-0.25, -0.2) is 9.37 Å². The van der Waals surface area contributed by atoms with Crippen molar-refractivity contribution in [3.63, 3.8) is 0 Å². The molecule has 0 atom stereocenters. The van der Waals surface area contributed by atoms with Crippen molar-refractivity contribution in [2.24, 2.45) is 0 Å². The zero-order valence-corrected chi connectivity index (χ0v) is 13.0. The van der Waals surface area contributed by atoms with E-state index < -0.39 is 5.88 Å². The largest absolute Gasteiger partial charge is 0.504 e. The second-order valence-electron chi connectivity index (χ2n) is 5.37. The number of rotatable bonds is 4. The highest BCUT2D eigenvalue weighted by atomic mass is 19.1. The van der Waals surface area contributed by atoms with E-state index in [9.17, 15) is 14.6 Å². The number of hydrogen-bond acceptors (Lipinski definition) is 4. The summed E-state index contributed by atoms with van der Waals surface area (Å²) < 4.78 is 18.6. The fraction of sp³-hybridized carbons (Fsp3) is 0.105. The third kappa shape index (κ3) is 3.15. The Morgan fingerprint density at radius 2 is 1.67 bits per heavy atom. The first-order valence-electron chi connectivity index (χ1n) is 7.41. The molecule has 0 aliphatic rings. The fourth-order valence-corrected chi connectivity index (χ4v) is 2.38. The summed E-state index contributed by atoms with van der Waals surface area (Å²) in [5.74, 6) is -1.03. The molecule has 0 saturated carbocycles. The van der Waals surface area contributed by atoms with Crippen LogP contribution >= 0.6 is 0 Å². The Morgan fingerprint density at radius 3 is 2.33 bits per heavy atom. The summed E-state index contributed by atoms with van der Waals surface area (Å²) in [6, 6.07) is 15.1. The molecule has 0 aliphatic heterocycles. The van der Waals surface area contributed by atoms with Crippen LogP contribution in [0.5, 0.6) is 17.4 Å². The molecular formula is C19H16FNO3. The normalized spacial score (nSPS) is 10.6. The SMILES string of the molecule is Cc1c(-c2ccc(F)cc2)nc(O)c(OCc2ccccc2)c1O. The van der Waals surface area contributed by atoms with Gasteiger partial charge in [0.25, 0.3) is 5.88 Å². The third-order valence-electron chi connectivity index (χ3n) is 3.69. The molecule has 0 spiro atoms. The molecule has 0 amide bonds. The average molecular weight is 325 g/mol. The molecule has 5 heteroatoms.